The van der Waals surface area contributed by atoms with Crippen LogP contribution in [-0.2, 0) is 20.7 Å². The Morgan fingerprint density at radius 1 is 0.933 bits per heavy atom. The first-order chi connectivity index (χ1) is 13.8. The molecular formula is C21H29AsO8. The molecule has 8 nitrogen and oxygen atoms in total. The molecule has 9 heteroatoms. The van der Waals surface area contributed by atoms with E-state index in [9.17, 15) is 14.4 Å². The summed E-state index contributed by atoms with van der Waals surface area (Å²) < 4.78 is 20.3. The van der Waals surface area contributed by atoms with Gasteiger partial charge in [-0.1, -0.05) is 0 Å². The Hall–Kier alpha value is -2.21. The van der Waals surface area contributed by atoms with E-state index in [1.807, 2.05) is 13.8 Å². The number of carbonyl (C=O) groups excluding carboxylic acids is 2. The molecule has 2 radical (unpaired) electrons. The summed E-state index contributed by atoms with van der Waals surface area (Å²) >= 11 is 2.07. The van der Waals surface area contributed by atoms with Crippen molar-refractivity contribution in [3.8, 4) is 11.5 Å². The summed E-state index contributed by atoms with van der Waals surface area (Å²) in [6.45, 7) is 10.7. The van der Waals surface area contributed by atoms with Gasteiger partial charge in [-0.05, 0) is 0 Å². The van der Waals surface area contributed by atoms with Crippen molar-refractivity contribution >= 4 is 35.1 Å². The molecule has 1 rings (SSSR count). The van der Waals surface area contributed by atoms with E-state index < -0.39 is 34.2 Å². The predicted molar refractivity (Wildman–Crippen MR) is 110 cm³/mol. The molecule has 0 heterocycles. The van der Waals surface area contributed by atoms with Gasteiger partial charge in [-0.2, -0.15) is 0 Å². The molecule has 0 bridgehead atoms. The van der Waals surface area contributed by atoms with E-state index in [-0.39, 0.29) is 17.9 Å². The zero-order valence-electron chi connectivity index (χ0n) is 18.2. The second-order valence-corrected chi connectivity index (χ2v) is 9.28. The second-order valence-electron chi connectivity index (χ2n) is 7.97. The van der Waals surface area contributed by atoms with Crippen molar-refractivity contribution in [3.05, 3.63) is 23.8 Å². The minimum atomic E-state index is -0.979. The Morgan fingerprint density at radius 2 is 1.40 bits per heavy atom. The quantitative estimate of drug-likeness (QED) is 0.306. The van der Waals surface area contributed by atoms with Crippen molar-refractivity contribution in [1.82, 2.24) is 0 Å². The fourth-order valence-electron chi connectivity index (χ4n) is 1.97. The van der Waals surface area contributed by atoms with Crippen LogP contribution in [0.25, 0.3) is 0 Å². The first kappa shape index (κ1) is 25.8. The Bertz CT molecular complexity index is 772. The summed E-state index contributed by atoms with van der Waals surface area (Å²) in [5.41, 5.74) is -0.887. The Labute approximate surface area is 185 Å². The van der Waals surface area contributed by atoms with Crippen molar-refractivity contribution in [2.24, 2.45) is 0 Å². The molecule has 0 aliphatic rings. The topological polar surface area (TPSA) is 108 Å². The summed E-state index contributed by atoms with van der Waals surface area (Å²) in [5.74, 6) is -1.09. The third-order valence-corrected chi connectivity index (χ3v) is 5.38. The SMILES string of the molecule is CCC(C)(C)OC(=O)Oc1ccc(C[C@H]([As])C(=O)O)cc1OC(=O)OC(C)(C)CC. The Morgan fingerprint density at radius 3 is 1.83 bits per heavy atom. The van der Waals surface area contributed by atoms with Crippen LogP contribution in [0.15, 0.2) is 18.2 Å². The normalized spacial score (nSPS) is 12.6. The molecule has 0 unspecified atom stereocenters. The molecule has 1 aromatic carbocycles. The molecule has 30 heavy (non-hydrogen) atoms. The third-order valence-electron chi connectivity index (χ3n) is 4.53. The summed E-state index contributed by atoms with van der Waals surface area (Å²) in [4.78, 5) is 35.5. The molecular weight excluding hydrogens is 455 g/mol. The van der Waals surface area contributed by atoms with Crippen LogP contribution in [0.5, 0.6) is 11.5 Å². The third kappa shape index (κ3) is 8.66. The van der Waals surface area contributed by atoms with Crippen LogP contribution in [0.1, 0.15) is 59.9 Å². The van der Waals surface area contributed by atoms with Crippen molar-refractivity contribution in [2.45, 2.75) is 76.7 Å². The van der Waals surface area contributed by atoms with Crippen LogP contribution in [0.4, 0.5) is 9.59 Å². The second kappa shape index (κ2) is 10.7. The zero-order valence-corrected chi connectivity index (χ0v) is 20.1. The molecule has 0 aliphatic carbocycles. The van der Waals surface area contributed by atoms with Gasteiger partial charge < -0.3 is 0 Å². The molecule has 0 saturated carbocycles. The van der Waals surface area contributed by atoms with E-state index in [1.165, 1.54) is 12.1 Å². The molecule has 1 N–H and O–H groups in total. The van der Waals surface area contributed by atoms with Crippen LogP contribution in [-0.4, -0.2) is 51.4 Å². The van der Waals surface area contributed by atoms with Gasteiger partial charge in [0.1, 0.15) is 0 Å². The number of carboxylic acid groups (broad SMARTS) is 1. The minimum absolute atomic E-state index is 0.0422. The van der Waals surface area contributed by atoms with E-state index in [2.05, 4.69) is 16.9 Å². The summed E-state index contributed by atoms with van der Waals surface area (Å²) in [5, 5.41) is 9.11. The maximum absolute atomic E-state index is 12.2. The fraction of sp³-hybridized carbons (Fsp3) is 0.571. The number of carbonyl (C=O) groups is 3. The predicted octanol–water partition coefficient (Wildman–Crippen LogP) is 4.68. The van der Waals surface area contributed by atoms with E-state index in [0.29, 0.717) is 18.4 Å². The average molecular weight is 484 g/mol. The number of aliphatic carboxylic acids is 1. The van der Waals surface area contributed by atoms with Gasteiger partial charge in [-0.3, -0.25) is 0 Å². The summed E-state index contributed by atoms with van der Waals surface area (Å²) in [7, 11) is 0. The Kier molecular flexibility index (Phi) is 9.22. The van der Waals surface area contributed by atoms with Crippen molar-refractivity contribution in [1.29, 1.82) is 0 Å². The van der Waals surface area contributed by atoms with Gasteiger partial charge in [-0.15, -0.1) is 0 Å². The van der Waals surface area contributed by atoms with Gasteiger partial charge in [0.2, 0.25) is 0 Å². The number of benzene rings is 1. The van der Waals surface area contributed by atoms with Gasteiger partial charge in [0.15, 0.2) is 0 Å². The van der Waals surface area contributed by atoms with Gasteiger partial charge in [0.25, 0.3) is 0 Å². The van der Waals surface area contributed by atoms with E-state index in [0.717, 1.165) is 0 Å². The zero-order chi connectivity index (χ0) is 23.1. The number of rotatable bonds is 9. The number of hydrogen-bond acceptors (Lipinski definition) is 7. The molecule has 0 aliphatic heterocycles. The van der Waals surface area contributed by atoms with E-state index in [1.54, 1.807) is 33.8 Å². The maximum atomic E-state index is 12.2. The van der Waals surface area contributed by atoms with Crippen LogP contribution < -0.4 is 9.47 Å². The van der Waals surface area contributed by atoms with Crippen LogP contribution in [0, 0.1) is 0 Å². The van der Waals surface area contributed by atoms with Gasteiger partial charge >= 0.3 is 186 Å². The van der Waals surface area contributed by atoms with Crippen molar-refractivity contribution in [3.63, 3.8) is 0 Å². The monoisotopic (exact) mass is 484 g/mol. The molecule has 0 spiro atoms. The van der Waals surface area contributed by atoms with Crippen molar-refractivity contribution in [2.75, 3.05) is 0 Å². The number of ether oxygens (including phenoxy) is 4. The molecule has 1 aromatic rings. The first-order valence-electron chi connectivity index (χ1n) is 9.64. The van der Waals surface area contributed by atoms with Crippen LogP contribution >= 0.6 is 0 Å². The molecule has 166 valence electrons. The number of carboxylic acids is 1. The van der Waals surface area contributed by atoms with E-state index in [4.69, 9.17) is 24.1 Å². The molecule has 1 atom stereocenters. The van der Waals surface area contributed by atoms with Gasteiger partial charge in [0.05, 0.1) is 0 Å². The molecule has 0 aromatic heterocycles. The number of hydrogen-bond donors (Lipinski definition) is 1. The van der Waals surface area contributed by atoms with Crippen LogP contribution in [0.3, 0.4) is 0 Å². The molecule has 0 fully saturated rings. The Balaban J connectivity index is 3.11. The average Bonchev–Trinajstić information content (AvgIpc) is 2.62. The first-order valence-corrected chi connectivity index (χ1v) is 10.7. The van der Waals surface area contributed by atoms with Gasteiger partial charge in [-0.25, -0.2) is 0 Å². The fourth-order valence-corrected chi connectivity index (χ4v) is 2.41. The van der Waals surface area contributed by atoms with Gasteiger partial charge in [0, 0.05) is 0 Å². The summed E-state index contributed by atoms with van der Waals surface area (Å²) in [6.07, 6.45) is -0.591. The van der Waals surface area contributed by atoms with Crippen molar-refractivity contribution < 1.29 is 38.4 Å². The van der Waals surface area contributed by atoms with E-state index >= 15 is 0 Å². The molecule has 0 saturated heterocycles. The molecule has 0 amide bonds. The summed E-state index contributed by atoms with van der Waals surface area (Å²) in [6, 6.07) is 4.45. The van der Waals surface area contributed by atoms with Crippen LogP contribution in [0.2, 0.25) is 4.71 Å². The standard InChI is InChI=1S/C21H29AsO8/c1-7-20(3,4)29-18(25)27-15-10-9-13(11-14(22)17(23)24)12-16(15)28-19(26)30-21(5,6)8-2/h9-10,12,14H,7-8,11H2,1-6H3,(H,23,24)/t14-/m0/s1.